The van der Waals surface area contributed by atoms with Gasteiger partial charge >= 0.3 is 0 Å². The third-order valence-electron chi connectivity index (χ3n) is 7.42. The van der Waals surface area contributed by atoms with Gasteiger partial charge in [0.25, 0.3) is 0 Å². The van der Waals surface area contributed by atoms with Crippen molar-refractivity contribution in [3.05, 3.63) is 23.3 Å². The summed E-state index contributed by atoms with van der Waals surface area (Å²) < 4.78 is 0. The molecule has 0 bridgehead atoms. The summed E-state index contributed by atoms with van der Waals surface area (Å²) in [6, 6.07) is 0.0278. The number of nitrogens with zero attached hydrogens (tertiary/aromatic N) is 4. The van der Waals surface area contributed by atoms with Gasteiger partial charge in [0.2, 0.25) is 11.8 Å². The number of carbonyl (C=O) groups is 2. The van der Waals surface area contributed by atoms with Crippen molar-refractivity contribution in [1.82, 2.24) is 19.8 Å². The summed E-state index contributed by atoms with van der Waals surface area (Å²) in [5, 5.41) is 0. The van der Waals surface area contributed by atoms with Crippen molar-refractivity contribution in [2.45, 2.75) is 70.9 Å². The lowest BCUT2D eigenvalue weighted by Gasteiger charge is -2.36. The first-order chi connectivity index (χ1) is 13.6. The Kier molecular flexibility index (Phi) is 4.60. The van der Waals surface area contributed by atoms with E-state index in [4.69, 9.17) is 4.98 Å². The molecule has 0 spiro atoms. The van der Waals surface area contributed by atoms with Crippen LogP contribution in [0.25, 0.3) is 0 Å². The minimum absolute atomic E-state index is 0.0278. The van der Waals surface area contributed by atoms with Crippen molar-refractivity contribution < 1.29 is 9.59 Å². The summed E-state index contributed by atoms with van der Waals surface area (Å²) in [6.45, 7) is 3.78. The van der Waals surface area contributed by atoms with Gasteiger partial charge in [0.05, 0.1) is 11.7 Å². The third kappa shape index (κ3) is 3.11. The number of hydrogen-bond acceptors (Lipinski definition) is 4. The number of hydrogen-bond donors (Lipinski definition) is 0. The molecule has 2 aliphatic heterocycles. The fraction of sp³-hybridized carbons (Fsp3) is 0.727. The van der Waals surface area contributed by atoms with Crippen molar-refractivity contribution in [2.24, 2.45) is 17.8 Å². The lowest BCUT2D eigenvalue weighted by molar-refractivity contribution is -0.137. The number of rotatable bonds is 2. The number of likely N-dealkylation sites (tertiary alicyclic amines) is 1. The van der Waals surface area contributed by atoms with Crippen LogP contribution in [0.15, 0.2) is 6.20 Å². The Hall–Kier alpha value is -1.98. The van der Waals surface area contributed by atoms with E-state index in [0.29, 0.717) is 24.3 Å². The average Bonchev–Trinajstić information content (AvgIpc) is 3.47. The molecule has 2 saturated carbocycles. The molecule has 0 aromatic carbocycles. The first-order valence-electron chi connectivity index (χ1n) is 11.0. The monoisotopic (exact) mass is 382 g/mol. The third-order valence-corrected chi connectivity index (χ3v) is 7.42. The molecule has 1 saturated heterocycles. The fourth-order valence-electron chi connectivity index (χ4n) is 5.77. The first-order valence-corrected chi connectivity index (χ1v) is 11.0. The second-order valence-electron chi connectivity index (χ2n) is 9.07. The summed E-state index contributed by atoms with van der Waals surface area (Å²) >= 11 is 0. The summed E-state index contributed by atoms with van der Waals surface area (Å²) in [7, 11) is 0. The highest BCUT2D eigenvalue weighted by molar-refractivity contribution is 5.83. The van der Waals surface area contributed by atoms with E-state index in [2.05, 4.69) is 9.88 Å². The van der Waals surface area contributed by atoms with Crippen LogP contribution in [0.4, 0.5) is 0 Å². The van der Waals surface area contributed by atoms with E-state index in [9.17, 15) is 9.59 Å². The van der Waals surface area contributed by atoms with E-state index in [-0.39, 0.29) is 17.9 Å². The van der Waals surface area contributed by atoms with Crippen LogP contribution in [-0.4, -0.2) is 44.7 Å². The minimum Gasteiger partial charge on any atom is -0.338 e. The van der Waals surface area contributed by atoms with Crippen LogP contribution in [0.3, 0.4) is 0 Å². The zero-order valence-corrected chi connectivity index (χ0v) is 16.8. The fourth-order valence-corrected chi connectivity index (χ4v) is 5.77. The molecule has 6 heteroatoms. The number of carbonyl (C=O) groups excluding carboxylic acids is 2. The highest BCUT2D eigenvalue weighted by Gasteiger charge is 2.56. The maximum atomic E-state index is 13.3. The molecule has 1 unspecified atom stereocenters. The van der Waals surface area contributed by atoms with Gasteiger partial charge in [0, 0.05) is 50.7 Å². The molecule has 0 N–H and O–H groups in total. The largest absolute Gasteiger partial charge is 0.338 e. The second-order valence-corrected chi connectivity index (χ2v) is 9.07. The Morgan fingerprint density at radius 1 is 1.04 bits per heavy atom. The van der Waals surface area contributed by atoms with Gasteiger partial charge in [0.1, 0.15) is 0 Å². The molecule has 2 amide bonds. The van der Waals surface area contributed by atoms with Crippen molar-refractivity contribution in [3.63, 3.8) is 0 Å². The molecule has 28 heavy (non-hydrogen) atoms. The van der Waals surface area contributed by atoms with Gasteiger partial charge in [-0.05, 0) is 43.9 Å². The molecule has 3 heterocycles. The Morgan fingerprint density at radius 3 is 2.54 bits per heavy atom. The van der Waals surface area contributed by atoms with E-state index in [1.165, 1.54) is 25.7 Å². The quantitative estimate of drug-likeness (QED) is 0.789. The van der Waals surface area contributed by atoms with Crippen LogP contribution in [0.2, 0.25) is 0 Å². The molecule has 150 valence electrons. The maximum absolute atomic E-state index is 13.3. The number of fused-ring (bicyclic) bond motifs is 2. The molecular formula is C22H30N4O2. The van der Waals surface area contributed by atoms with Crippen molar-refractivity contribution in [2.75, 3.05) is 13.1 Å². The molecule has 4 atom stereocenters. The summed E-state index contributed by atoms with van der Waals surface area (Å²) in [5.74, 6) is 2.84. The van der Waals surface area contributed by atoms with Crippen molar-refractivity contribution in [1.29, 1.82) is 0 Å². The average molecular weight is 383 g/mol. The molecule has 1 aromatic rings. The van der Waals surface area contributed by atoms with Gasteiger partial charge < -0.3 is 9.80 Å². The van der Waals surface area contributed by atoms with Gasteiger partial charge in [-0.25, -0.2) is 9.97 Å². The van der Waals surface area contributed by atoms with Gasteiger partial charge in [-0.1, -0.05) is 12.8 Å². The molecule has 1 aromatic heterocycles. The number of amides is 2. The lowest BCUT2D eigenvalue weighted by atomic mass is 9.99. The molecule has 6 nitrogen and oxygen atoms in total. The molecule has 0 radical (unpaired) electrons. The standard InChI is InChI=1S/C22H30N4O2/c1-14(27)25-11-9-18-15(13-25)12-23-21(24-18)19-8-4-5-10-26(19)22(28)20-16-6-2-3-7-17(16)20/h12,16-17,19-20H,2-11,13H2,1H3/t16-,17+,19-,20?/m0/s1. The van der Waals surface area contributed by atoms with Crippen LogP contribution < -0.4 is 0 Å². The Balaban J connectivity index is 1.35. The predicted molar refractivity (Wildman–Crippen MR) is 104 cm³/mol. The normalized spacial score (nSPS) is 31.8. The van der Waals surface area contributed by atoms with Gasteiger partial charge in [0.15, 0.2) is 5.82 Å². The van der Waals surface area contributed by atoms with Crippen LogP contribution >= 0.6 is 0 Å². The highest BCUT2D eigenvalue weighted by Crippen LogP contribution is 2.56. The Bertz CT molecular complexity index is 783. The zero-order valence-electron chi connectivity index (χ0n) is 16.8. The highest BCUT2D eigenvalue weighted by atomic mass is 16.2. The number of piperidine rings is 1. The number of aromatic nitrogens is 2. The van der Waals surface area contributed by atoms with Crippen molar-refractivity contribution >= 4 is 11.8 Å². The smallest absolute Gasteiger partial charge is 0.226 e. The summed E-state index contributed by atoms with van der Waals surface area (Å²) in [6.07, 6.45) is 10.9. The zero-order chi connectivity index (χ0) is 19.3. The maximum Gasteiger partial charge on any atom is 0.226 e. The van der Waals surface area contributed by atoms with Crippen LogP contribution in [0, 0.1) is 17.8 Å². The van der Waals surface area contributed by atoms with E-state index in [1.54, 1.807) is 6.92 Å². The predicted octanol–water partition coefficient (Wildman–Crippen LogP) is 2.87. The Morgan fingerprint density at radius 2 is 1.79 bits per heavy atom. The van der Waals surface area contributed by atoms with Gasteiger partial charge in [-0.15, -0.1) is 0 Å². The van der Waals surface area contributed by atoms with Gasteiger partial charge in [-0.2, -0.15) is 0 Å². The Labute approximate surface area is 166 Å². The summed E-state index contributed by atoms with van der Waals surface area (Å²) in [4.78, 5) is 38.5. The van der Waals surface area contributed by atoms with E-state index in [0.717, 1.165) is 55.9 Å². The summed E-state index contributed by atoms with van der Waals surface area (Å²) in [5.41, 5.74) is 2.10. The lowest BCUT2D eigenvalue weighted by Crippen LogP contribution is -2.41. The van der Waals surface area contributed by atoms with Crippen molar-refractivity contribution in [3.8, 4) is 0 Å². The topological polar surface area (TPSA) is 66.4 Å². The molecule has 2 aliphatic carbocycles. The SMILES string of the molecule is CC(=O)N1CCc2nc([C@@H]3CCCCN3C(=O)C3[C@H]4CCCC[C@@H]34)ncc2C1. The van der Waals surface area contributed by atoms with E-state index < -0.39 is 0 Å². The molecular weight excluding hydrogens is 352 g/mol. The van der Waals surface area contributed by atoms with Gasteiger partial charge in [-0.3, -0.25) is 9.59 Å². The molecule has 3 fully saturated rings. The minimum atomic E-state index is 0.0278. The van der Waals surface area contributed by atoms with Crippen LogP contribution in [0.1, 0.15) is 75.0 Å². The van der Waals surface area contributed by atoms with E-state index in [1.807, 2.05) is 11.1 Å². The van der Waals surface area contributed by atoms with Crippen LogP contribution in [0.5, 0.6) is 0 Å². The molecule has 5 rings (SSSR count). The van der Waals surface area contributed by atoms with E-state index >= 15 is 0 Å². The molecule has 4 aliphatic rings. The second kappa shape index (κ2) is 7.12. The van der Waals surface area contributed by atoms with Crippen LogP contribution in [-0.2, 0) is 22.6 Å². The first kappa shape index (κ1) is 18.1.